The molecule has 2 unspecified atom stereocenters. The molecule has 22 heavy (non-hydrogen) atoms. The minimum atomic E-state index is -0.593. The third-order valence-electron chi connectivity index (χ3n) is 3.87. The molecule has 0 N–H and O–H groups in total. The lowest BCUT2D eigenvalue weighted by atomic mass is 10.1. The van der Waals surface area contributed by atoms with Crippen LogP contribution in [0.4, 0.5) is 0 Å². The van der Waals surface area contributed by atoms with Crippen molar-refractivity contribution in [2.45, 2.75) is 20.3 Å². The average Bonchev–Trinajstić information content (AvgIpc) is 2.96. The highest BCUT2D eigenvalue weighted by Gasteiger charge is 2.56. The second-order valence-corrected chi connectivity index (χ2v) is 9.43. The first-order chi connectivity index (χ1) is 10.6. The van der Waals surface area contributed by atoms with Crippen LogP contribution in [-0.2, 0) is 0 Å². The molecule has 0 aliphatic heterocycles. The summed E-state index contributed by atoms with van der Waals surface area (Å²) in [6.45, 7) is 0. The minimum Gasteiger partial charge on any atom is -0.230 e. The maximum absolute atomic E-state index is 6.33. The van der Waals surface area contributed by atoms with Crippen LogP contribution in [0.3, 0.4) is 0 Å². The average molecular weight is 366 g/mol. The molecule has 0 spiro atoms. The monoisotopic (exact) mass is 365 g/mol. The minimum absolute atomic E-state index is 0.247. The number of thiazole rings is 1. The largest absolute Gasteiger partial charge is 0.230 e. The van der Waals surface area contributed by atoms with Crippen molar-refractivity contribution in [2.24, 2.45) is 5.92 Å². The standard InChI is InChI=1S/C17H13Cl2NS2/c18-17(19)10-12(17)15(11-6-2-1-3-7-11)22-16-20-13-8-4-5-9-14(13)21-16/h1-9,12,15H,10H2. The van der Waals surface area contributed by atoms with E-state index in [4.69, 9.17) is 28.2 Å². The van der Waals surface area contributed by atoms with Gasteiger partial charge in [0, 0.05) is 11.2 Å². The Labute approximate surface area is 147 Å². The van der Waals surface area contributed by atoms with Crippen molar-refractivity contribution in [3.63, 3.8) is 0 Å². The molecule has 3 aromatic rings. The molecule has 2 aromatic carbocycles. The van der Waals surface area contributed by atoms with Gasteiger partial charge in [0.1, 0.15) is 4.33 Å². The number of fused-ring (bicyclic) bond motifs is 1. The summed E-state index contributed by atoms with van der Waals surface area (Å²) in [5, 5.41) is 0.247. The molecule has 2 atom stereocenters. The number of nitrogens with zero attached hydrogens (tertiary/aromatic N) is 1. The van der Waals surface area contributed by atoms with E-state index < -0.39 is 4.33 Å². The summed E-state index contributed by atoms with van der Waals surface area (Å²) in [5.74, 6) is 0.273. The molecule has 112 valence electrons. The van der Waals surface area contributed by atoms with E-state index in [-0.39, 0.29) is 11.2 Å². The zero-order valence-electron chi connectivity index (χ0n) is 11.6. The number of rotatable bonds is 4. The molecule has 0 saturated heterocycles. The van der Waals surface area contributed by atoms with Gasteiger partial charge in [0.05, 0.1) is 10.2 Å². The van der Waals surface area contributed by atoms with Crippen molar-refractivity contribution in [2.75, 3.05) is 0 Å². The predicted molar refractivity (Wildman–Crippen MR) is 97.2 cm³/mol. The highest BCUT2D eigenvalue weighted by atomic mass is 35.5. The van der Waals surface area contributed by atoms with E-state index in [0.29, 0.717) is 0 Å². The third kappa shape index (κ3) is 2.88. The molecule has 5 heteroatoms. The number of benzene rings is 2. The Bertz CT molecular complexity index is 768. The topological polar surface area (TPSA) is 12.9 Å². The second-order valence-electron chi connectivity index (χ2n) is 5.47. The van der Waals surface area contributed by atoms with E-state index in [1.165, 1.54) is 10.3 Å². The Morgan fingerprint density at radius 2 is 1.77 bits per heavy atom. The van der Waals surface area contributed by atoms with Crippen LogP contribution in [0.5, 0.6) is 0 Å². The molecule has 1 fully saturated rings. The fraction of sp³-hybridized carbons (Fsp3) is 0.235. The Morgan fingerprint density at radius 3 is 2.45 bits per heavy atom. The normalized spacial score (nSPS) is 20.9. The Morgan fingerprint density at radius 1 is 1.09 bits per heavy atom. The molecule has 0 amide bonds. The van der Waals surface area contributed by atoms with Crippen LogP contribution in [0.2, 0.25) is 0 Å². The Hall–Kier alpha value is -0.740. The summed E-state index contributed by atoms with van der Waals surface area (Å²) in [6, 6.07) is 18.7. The number of para-hydroxylation sites is 1. The zero-order chi connectivity index (χ0) is 15.2. The lowest BCUT2D eigenvalue weighted by Crippen LogP contribution is -2.02. The first-order valence-electron chi connectivity index (χ1n) is 7.08. The quantitative estimate of drug-likeness (QED) is 0.396. The molecule has 1 nitrogen and oxygen atoms in total. The zero-order valence-corrected chi connectivity index (χ0v) is 14.7. The van der Waals surface area contributed by atoms with Gasteiger partial charge in [-0.05, 0) is 24.1 Å². The molecule has 0 radical (unpaired) electrons. The van der Waals surface area contributed by atoms with Crippen LogP contribution in [0, 0.1) is 5.92 Å². The van der Waals surface area contributed by atoms with Crippen molar-refractivity contribution < 1.29 is 0 Å². The summed E-state index contributed by atoms with van der Waals surface area (Å²) in [7, 11) is 0. The molecule has 1 aliphatic rings. The number of hydrogen-bond acceptors (Lipinski definition) is 3. The first kappa shape index (κ1) is 14.8. The van der Waals surface area contributed by atoms with Gasteiger partial charge in [0.2, 0.25) is 0 Å². The number of hydrogen-bond donors (Lipinski definition) is 0. The molecular formula is C17H13Cl2NS2. The van der Waals surface area contributed by atoms with Crippen molar-refractivity contribution in [1.82, 2.24) is 4.98 Å². The number of thioether (sulfide) groups is 1. The molecular weight excluding hydrogens is 353 g/mol. The molecule has 1 heterocycles. The van der Waals surface area contributed by atoms with Crippen molar-refractivity contribution in [3.8, 4) is 0 Å². The van der Waals surface area contributed by atoms with E-state index in [2.05, 4.69) is 36.4 Å². The lowest BCUT2D eigenvalue weighted by molar-refractivity contribution is 0.796. The number of alkyl halides is 2. The maximum Gasteiger partial charge on any atom is 0.151 e. The summed E-state index contributed by atoms with van der Waals surface area (Å²) >= 11 is 16.2. The Kier molecular flexibility index (Phi) is 3.85. The van der Waals surface area contributed by atoms with Gasteiger partial charge in [0.25, 0.3) is 0 Å². The van der Waals surface area contributed by atoms with Gasteiger partial charge >= 0.3 is 0 Å². The molecule has 1 aliphatic carbocycles. The van der Waals surface area contributed by atoms with Gasteiger partial charge in [-0.2, -0.15) is 0 Å². The van der Waals surface area contributed by atoms with E-state index in [1.54, 1.807) is 23.1 Å². The van der Waals surface area contributed by atoms with Gasteiger partial charge in [-0.25, -0.2) is 4.98 Å². The van der Waals surface area contributed by atoms with Crippen LogP contribution in [0.1, 0.15) is 17.2 Å². The number of halogens is 2. The predicted octanol–water partition coefficient (Wildman–Crippen LogP) is 6.32. The van der Waals surface area contributed by atoms with Crippen molar-refractivity contribution in [1.29, 1.82) is 0 Å². The fourth-order valence-electron chi connectivity index (χ4n) is 2.60. The Balaban J connectivity index is 1.66. The van der Waals surface area contributed by atoms with E-state index in [0.717, 1.165) is 16.3 Å². The van der Waals surface area contributed by atoms with E-state index >= 15 is 0 Å². The van der Waals surface area contributed by atoms with Gasteiger partial charge in [-0.3, -0.25) is 0 Å². The van der Waals surface area contributed by atoms with Crippen LogP contribution in [0.15, 0.2) is 58.9 Å². The highest BCUT2D eigenvalue weighted by Crippen LogP contribution is 2.63. The molecule has 0 bridgehead atoms. The fourth-order valence-corrected chi connectivity index (χ4v) is 5.96. The van der Waals surface area contributed by atoms with Crippen LogP contribution < -0.4 is 0 Å². The van der Waals surface area contributed by atoms with Gasteiger partial charge in [-0.15, -0.1) is 34.5 Å². The van der Waals surface area contributed by atoms with Crippen molar-refractivity contribution in [3.05, 3.63) is 60.2 Å². The second kappa shape index (κ2) is 5.72. The summed E-state index contributed by atoms with van der Waals surface area (Å²) < 4.78 is 1.70. The SMILES string of the molecule is ClC1(Cl)CC1C(Sc1nc2ccccc2s1)c1ccccc1. The summed E-state index contributed by atoms with van der Waals surface area (Å²) in [4.78, 5) is 4.73. The van der Waals surface area contributed by atoms with Gasteiger partial charge in [0.15, 0.2) is 4.34 Å². The van der Waals surface area contributed by atoms with E-state index in [9.17, 15) is 0 Å². The number of aromatic nitrogens is 1. The molecule has 1 saturated carbocycles. The van der Waals surface area contributed by atoms with Crippen LogP contribution >= 0.6 is 46.3 Å². The lowest BCUT2D eigenvalue weighted by Gasteiger charge is -2.16. The van der Waals surface area contributed by atoms with Gasteiger partial charge < -0.3 is 0 Å². The van der Waals surface area contributed by atoms with Crippen molar-refractivity contribution >= 4 is 56.5 Å². The smallest absolute Gasteiger partial charge is 0.151 e. The van der Waals surface area contributed by atoms with Gasteiger partial charge in [-0.1, -0.05) is 54.2 Å². The summed E-state index contributed by atoms with van der Waals surface area (Å²) in [6.07, 6.45) is 0.841. The maximum atomic E-state index is 6.33. The molecule has 1 aromatic heterocycles. The highest BCUT2D eigenvalue weighted by molar-refractivity contribution is 8.01. The molecule has 4 rings (SSSR count). The van der Waals surface area contributed by atoms with E-state index in [1.807, 2.05) is 18.2 Å². The summed E-state index contributed by atoms with van der Waals surface area (Å²) in [5.41, 5.74) is 2.32. The third-order valence-corrected chi connectivity index (χ3v) is 7.26. The first-order valence-corrected chi connectivity index (χ1v) is 9.54. The van der Waals surface area contributed by atoms with Crippen LogP contribution in [-0.4, -0.2) is 9.32 Å². The van der Waals surface area contributed by atoms with Crippen LogP contribution in [0.25, 0.3) is 10.2 Å².